The second-order valence-electron chi connectivity index (χ2n) is 6.36. The highest BCUT2D eigenvalue weighted by molar-refractivity contribution is 6.31. The van der Waals surface area contributed by atoms with Crippen molar-refractivity contribution in [2.75, 3.05) is 0 Å². The second kappa shape index (κ2) is 5.92. The van der Waals surface area contributed by atoms with Gasteiger partial charge in [0.2, 0.25) is 0 Å². The van der Waals surface area contributed by atoms with Crippen LogP contribution in [0.2, 0.25) is 5.02 Å². The summed E-state index contributed by atoms with van der Waals surface area (Å²) in [6.45, 7) is 0. The van der Waals surface area contributed by atoms with Crippen molar-refractivity contribution in [1.29, 1.82) is 0 Å². The Hall–Kier alpha value is -2.73. The Bertz CT molecular complexity index is 899. The molecule has 0 unspecified atom stereocenters. The Balaban J connectivity index is 1.66. The van der Waals surface area contributed by atoms with Crippen molar-refractivity contribution in [3.63, 3.8) is 0 Å². The summed E-state index contributed by atoms with van der Waals surface area (Å²) in [5.41, 5.74) is -0.916. The van der Waals surface area contributed by atoms with E-state index in [1.165, 1.54) is 30.3 Å². The van der Waals surface area contributed by atoms with E-state index in [-0.39, 0.29) is 21.7 Å². The molecule has 1 heterocycles. The maximum absolute atomic E-state index is 14.4. The molecule has 1 aliphatic carbocycles. The summed E-state index contributed by atoms with van der Waals surface area (Å²) in [4.78, 5) is 42.8. The number of fused-ring (bicyclic) bond motifs is 1. The number of carbonyl (C=O) groups is 3. The van der Waals surface area contributed by atoms with E-state index in [2.05, 4.69) is 0 Å². The van der Waals surface area contributed by atoms with E-state index in [1.54, 1.807) is 12.1 Å². The quantitative estimate of drug-likeness (QED) is 0.770. The number of halogens is 2. The molecular weight excluding hydrogens is 361 g/mol. The van der Waals surface area contributed by atoms with Crippen LogP contribution in [0.5, 0.6) is 0 Å². The molecule has 2 aliphatic rings. The summed E-state index contributed by atoms with van der Waals surface area (Å²) in [7, 11) is 0. The number of nitrogens with zero attached hydrogens (tertiary/aromatic N) is 1. The fourth-order valence-corrected chi connectivity index (χ4v) is 3.81. The fraction of sp³-hybridized carbons (Fsp3) is 0.211. The van der Waals surface area contributed by atoms with E-state index < -0.39 is 29.0 Å². The lowest BCUT2D eigenvalue weighted by Crippen LogP contribution is -2.48. The second-order valence-corrected chi connectivity index (χ2v) is 6.77. The van der Waals surface area contributed by atoms with Gasteiger partial charge in [-0.3, -0.25) is 9.59 Å². The van der Waals surface area contributed by atoms with Gasteiger partial charge in [-0.25, -0.2) is 9.18 Å². The third kappa shape index (κ3) is 2.25. The van der Waals surface area contributed by atoms with Gasteiger partial charge in [0.25, 0.3) is 11.8 Å². The predicted octanol–water partition coefficient (Wildman–Crippen LogP) is 3.66. The van der Waals surface area contributed by atoms with Crippen LogP contribution >= 0.6 is 11.6 Å². The van der Waals surface area contributed by atoms with E-state index in [4.69, 9.17) is 16.4 Å². The first-order valence-corrected chi connectivity index (χ1v) is 8.48. The molecule has 0 atom stereocenters. The summed E-state index contributed by atoms with van der Waals surface area (Å²) >= 11 is 6.12. The number of benzene rings is 2. The van der Waals surface area contributed by atoms with E-state index in [1.807, 2.05) is 0 Å². The van der Waals surface area contributed by atoms with Crippen LogP contribution in [0.15, 0.2) is 42.5 Å². The largest absolute Gasteiger partial charge is 0.343 e. The van der Waals surface area contributed by atoms with Crippen LogP contribution in [0, 0.1) is 5.82 Å². The SMILES string of the molecule is O=C1c2ccccc2C(=O)N1OC(=O)C1(c2c(F)cccc2Cl)CCC1. The Kier molecular flexibility index (Phi) is 3.80. The topological polar surface area (TPSA) is 63.7 Å². The molecule has 2 amide bonds. The lowest BCUT2D eigenvalue weighted by molar-refractivity contribution is -0.179. The Morgan fingerprint density at radius 2 is 1.65 bits per heavy atom. The van der Waals surface area contributed by atoms with Crippen molar-refractivity contribution in [1.82, 2.24) is 5.06 Å². The molecule has 2 aromatic rings. The molecule has 7 heteroatoms. The Morgan fingerprint density at radius 3 is 2.15 bits per heavy atom. The summed E-state index contributed by atoms with van der Waals surface area (Å²) in [5.74, 6) is -2.90. The number of hydrogen-bond acceptors (Lipinski definition) is 4. The molecule has 0 radical (unpaired) electrons. The van der Waals surface area contributed by atoms with Gasteiger partial charge in [0.05, 0.1) is 16.5 Å². The Morgan fingerprint density at radius 1 is 1.04 bits per heavy atom. The molecule has 2 aromatic carbocycles. The van der Waals surface area contributed by atoms with E-state index in [0.717, 1.165) is 0 Å². The molecule has 0 spiro atoms. The van der Waals surface area contributed by atoms with Gasteiger partial charge in [-0.05, 0) is 37.1 Å². The highest BCUT2D eigenvalue weighted by atomic mass is 35.5. The van der Waals surface area contributed by atoms with Crippen molar-refractivity contribution in [2.45, 2.75) is 24.7 Å². The number of amides is 2. The van der Waals surface area contributed by atoms with Gasteiger partial charge in [-0.15, -0.1) is 0 Å². The molecule has 0 bridgehead atoms. The van der Waals surface area contributed by atoms with Crippen LogP contribution in [0.4, 0.5) is 4.39 Å². The average Bonchev–Trinajstić information content (AvgIpc) is 2.82. The Labute approximate surface area is 153 Å². The minimum atomic E-state index is -1.29. The standard InChI is InChI=1S/C19H13ClFNO4/c20-13-7-3-8-14(21)15(13)19(9-4-10-19)18(25)26-22-16(23)11-5-1-2-6-12(11)17(22)24/h1-3,5-8H,4,9-10H2. The first-order valence-electron chi connectivity index (χ1n) is 8.10. The smallest absolute Gasteiger partial charge is 0.329 e. The number of hydroxylamine groups is 2. The lowest BCUT2D eigenvalue weighted by atomic mass is 9.64. The zero-order chi connectivity index (χ0) is 18.5. The molecule has 0 aromatic heterocycles. The van der Waals surface area contributed by atoms with Gasteiger partial charge in [-0.1, -0.05) is 41.3 Å². The molecule has 4 rings (SSSR count). The fourth-order valence-electron chi connectivity index (χ4n) is 3.46. The molecule has 1 fully saturated rings. The third-order valence-corrected chi connectivity index (χ3v) is 5.29. The average molecular weight is 374 g/mol. The molecule has 132 valence electrons. The summed E-state index contributed by atoms with van der Waals surface area (Å²) < 4.78 is 14.4. The molecule has 0 N–H and O–H groups in total. The van der Waals surface area contributed by atoms with Crippen molar-refractivity contribution in [3.05, 3.63) is 70.0 Å². The molecule has 1 saturated carbocycles. The van der Waals surface area contributed by atoms with Crippen molar-refractivity contribution in [2.24, 2.45) is 0 Å². The monoisotopic (exact) mass is 373 g/mol. The van der Waals surface area contributed by atoms with Gasteiger partial charge >= 0.3 is 5.97 Å². The van der Waals surface area contributed by atoms with Crippen LogP contribution in [0.3, 0.4) is 0 Å². The van der Waals surface area contributed by atoms with E-state index in [0.29, 0.717) is 24.3 Å². The van der Waals surface area contributed by atoms with Gasteiger partial charge < -0.3 is 4.84 Å². The highest BCUT2D eigenvalue weighted by Crippen LogP contribution is 2.48. The van der Waals surface area contributed by atoms with Gasteiger partial charge in [0.15, 0.2) is 0 Å². The normalized spacial score (nSPS) is 17.7. The summed E-state index contributed by atoms with van der Waals surface area (Å²) in [5, 5.41) is 0.561. The molecular formula is C19H13ClFNO4. The van der Waals surface area contributed by atoms with Crippen molar-refractivity contribution in [3.8, 4) is 0 Å². The zero-order valence-electron chi connectivity index (χ0n) is 13.5. The van der Waals surface area contributed by atoms with Crippen LogP contribution in [0.1, 0.15) is 45.5 Å². The van der Waals surface area contributed by atoms with Crippen molar-refractivity contribution < 1.29 is 23.6 Å². The van der Waals surface area contributed by atoms with Crippen molar-refractivity contribution >= 4 is 29.4 Å². The molecule has 5 nitrogen and oxygen atoms in total. The van der Waals surface area contributed by atoms with Crippen LogP contribution < -0.4 is 0 Å². The molecule has 26 heavy (non-hydrogen) atoms. The zero-order valence-corrected chi connectivity index (χ0v) is 14.3. The van der Waals surface area contributed by atoms with Gasteiger partial charge in [0.1, 0.15) is 5.82 Å². The summed E-state index contributed by atoms with van der Waals surface area (Å²) in [6.07, 6.45) is 1.34. The highest BCUT2D eigenvalue weighted by Gasteiger charge is 2.52. The van der Waals surface area contributed by atoms with Crippen LogP contribution in [0.25, 0.3) is 0 Å². The van der Waals surface area contributed by atoms with E-state index in [9.17, 15) is 18.8 Å². The molecule has 1 aliphatic heterocycles. The number of carbonyl (C=O) groups excluding carboxylic acids is 3. The summed E-state index contributed by atoms with van der Waals surface area (Å²) in [6, 6.07) is 10.4. The van der Waals surface area contributed by atoms with Gasteiger partial charge in [-0.2, -0.15) is 0 Å². The number of rotatable bonds is 3. The predicted molar refractivity (Wildman–Crippen MR) is 90.0 cm³/mol. The molecule has 0 saturated heterocycles. The third-order valence-electron chi connectivity index (χ3n) is 4.97. The first kappa shape index (κ1) is 16.7. The lowest BCUT2D eigenvalue weighted by Gasteiger charge is -2.40. The maximum atomic E-state index is 14.4. The van der Waals surface area contributed by atoms with E-state index >= 15 is 0 Å². The number of imide groups is 1. The van der Waals surface area contributed by atoms with Crippen LogP contribution in [-0.4, -0.2) is 22.8 Å². The van der Waals surface area contributed by atoms with Crippen LogP contribution in [-0.2, 0) is 15.0 Å². The minimum Gasteiger partial charge on any atom is -0.329 e. The first-order chi connectivity index (χ1) is 12.5. The maximum Gasteiger partial charge on any atom is 0.343 e. The minimum absolute atomic E-state index is 0.0505. The van der Waals surface area contributed by atoms with Gasteiger partial charge in [0, 0.05) is 10.6 Å². The number of hydrogen-bond donors (Lipinski definition) is 0.